The van der Waals surface area contributed by atoms with Crippen LogP contribution in [-0.4, -0.2) is 40.8 Å². The SMILES string of the molecule is CC(O)C1CCN(c2cc(NCC3CC3)ncn2)CC1. The van der Waals surface area contributed by atoms with Gasteiger partial charge in [-0.3, -0.25) is 0 Å². The summed E-state index contributed by atoms with van der Waals surface area (Å²) in [6.07, 6.45) is 6.21. The summed E-state index contributed by atoms with van der Waals surface area (Å²) in [7, 11) is 0. The first-order valence-corrected chi connectivity index (χ1v) is 7.71. The van der Waals surface area contributed by atoms with Crippen LogP contribution < -0.4 is 10.2 Å². The van der Waals surface area contributed by atoms with Gasteiger partial charge in [0.25, 0.3) is 0 Å². The molecular formula is C15H24N4O. The van der Waals surface area contributed by atoms with Crippen LogP contribution >= 0.6 is 0 Å². The van der Waals surface area contributed by atoms with Crippen molar-refractivity contribution in [1.82, 2.24) is 9.97 Å². The van der Waals surface area contributed by atoms with Crippen LogP contribution in [0.2, 0.25) is 0 Å². The lowest BCUT2D eigenvalue weighted by atomic mass is 9.92. The molecule has 1 unspecified atom stereocenters. The molecule has 1 saturated heterocycles. The van der Waals surface area contributed by atoms with E-state index in [1.807, 2.05) is 13.0 Å². The summed E-state index contributed by atoms with van der Waals surface area (Å²) in [5.74, 6) is 3.21. The molecule has 1 saturated carbocycles. The fourth-order valence-electron chi connectivity index (χ4n) is 2.80. The van der Waals surface area contributed by atoms with E-state index in [-0.39, 0.29) is 6.10 Å². The molecule has 0 radical (unpaired) electrons. The number of hydrogen-bond donors (Lipinski definition) is 2. The van der Waals surface area contributed by atoms with E-state index in [0.717, 1.165) is 50.0 Å². The zero-order chi connectivity index (χ0) is 13.9. The summed E-state index contributed by atoms with van der Waals surface area (Å²) in [4.78, 5) is 11.0. The smallest absolute Gasteiger partial charge is 0.134 e. The van der Waals surface area contributed by atoms with Gasteiger partial charge in [-0.2, -0.15) is 0 Å². The van der Waals surface area contributed by atoms with Gasteiger partial charge in [0.15, 0.2) is 0 Å². The average molecular weight is 276 g/mol. The zero-order valence-corrected chi connectivity index (χ0v) is 12.1. The highest BCUT2D eigenvalue weighted by molar-refractivity contribution is 5.48. The second-order valence-electron chi connectivity index (χ2n) is 6.15. The van der Waals surface area contributed by atoms with Gasteiger partial charge < -0.3 is 15.3 Å². The number of piperidine rings is 1. The van der Waals surface area contributed by atoms with Crippen molar-refractivity contribution < 1.29 is 5.11 Å². The van der Waals surface area contributed by atoms with Gasteiger partial charge in [0.1, 0.15) is 18.0 Å². The van der Waals surface area contributed by atoms with Crippen molar-refractivity contribution in [2.45, 2.75) is 38.7 Å². The summed E-state index contributed by atoms with van der Waals surface area (Å²) >= 11 is 0. The van der Waals surface area contributed by atoms with E-state index in [9.17, 15) is 5.11 Å². The maximum absolute atomic E-state index is 9.65. The van der Waals surface area contributed by atoms with Crippen molar-refractivity contribution in [3.8, 4) is 0 Å². The van der Waals surface area contributed by atoms with Crippen molar-refractivity contribution in [2.75, 3.05) is 29.9 Å². The number of rotatable bonds is 5. The van der Waals surface area contributed by atoms with Crippen molar-refractivity contribution in [1.29, 1.82) is 0 Å². The van der Waals surface area contributed by atoms with E-state index in [1.165, 1.54) is 12.8 Å². The van der Waals surface area contributed by atoms with Gasteiger partial charge >= 0.3 is 0 Å². The molecule has 2 N–H and O–H groups in total. The number of nitrogens with zero attached hydrogens (tertiary/aromatic N) is 3. The Balaban J connectivity index is 1.57. The molecule has 1 aliphatic carbocycles. The number of hydrogen-bond acceptors (Lipinski definition) is 5. The second kappa shape index (κ2) is 5.95. The fourth-order valence-corrected chi connectivity index (χ4v) is 2.80. The Morgan fingerprint density at radius 1 is 1.30 bits per heavy atom. The van der Waals surface area contributed by atoms with E-state index in [4.69, 9.17) is 0 Å². The quantitative estimate of drug-likeness (QED) is 0.860. The zero-order valence-electron chi connectivity index (χ0n) is 12.1. The Hall–Kier alpha value is -1.36. The Kier molecular flexibility index (Phi) is 4.05. The van der Waals surface area contributed by atoms with Crippen LogP contribution in [0.3, 0.4) is 0 Å². The van der Waals surface area contributed by atoms with Crippen LogP contribution in [0.25, 0.3) is 0 Å². The third-order valence-electron chi connectivity index (χ3n) is 4.47. The van der Waals surface area contributed by atoms with E-state index in [1.54, 1.807) is 6.33 Å². The Labute approximate surface area is 120 Å². The highest BCUT2D eigenvalue weighted by atomic mass is 16.3. The molecule has 2 aliphatic rings. The molecular weight excluding hydrogens is 252 g/mol. The number of aliphatic hydroxyl groups is 1. The van der Waals surface area contributed by atoms with E-state index < -0.39 is 0 Å². The molecule has 2 fully saturated rings. The van der Waals surface area contributed by atoms with Crippen LogP contribution in [0, 0.1) is 11.8 Å². The summed E-state index contributed by atoms with van der Waals surface area (Å²) in [5, 5.41) is 13.0. The van der Waals surface area contributed by atoms with Crippen LogP contribution in [-0.2, 0) is 0 Å². The first-order valence-electron chi connectivity index (χ1n) is 7.71. The van der Waals surface area contributed by atoms with Crippen molar-refractivity contribution in [3.05, 3.63) is 12.4 Å². The van der Waals surface area contributed by atoms with Crippen LogP contribution in [0.1, 0.15) is 32.6 Å². The molecule has 1 aromatic heterocycles. The monoisotopic (exact) mass is 276 g/mol. The third-order valence-corrected chi connectivity index (χ3v) is 4.47. The molecule has 110 valence electrons. The molecule has 5 nitrogen and oxygen atoms in total. The molecule has 5 heteroatoms. The maximum Gasteiger partial charge on any atom is 0.134 e. The summed E-state index contributed by atoms with van der Waals surface area (Å²) in [6.45, 7) is 4.86. The fraction of sp³-hybridized carbons (Fsp3) is 0.733. The van der Waals surface area contributed by atoms with Crippen molar-refractivity contribution in [3.63, 3.8) is 0 Å². The summed E-state index contributed by atoms with van der Waals surface area (Å²) < 4.78 is 0. The summed E-state index contributed by atoms with van der Waals surface area (Å²) in [6, 6.07) is 2.05. The van der Waals surface area contributed by atoms with Crippen LogP contribution in [0.4, 0.5) is 11.6 Å². The van der Waals surface area contributed by atoms with Gasteiger partial charge in [0, 0.05) is 25.7 Å². The molecule has 0 aromatic carbocycles. The van der Waals surface area contributed by atoms with Gasteiger partial charge in [-0.1, -0.05) is 0 Å². The number of anilines is 2. The second-order valence-corrected chi connectivity index (χ2v) is 6.15. The number of nitrogens with one attached hydrogen (secondary N) is 1. The van der Waals surface area contributed by atoms with Gasteiger partial charge in [-0.15, -0.1) is 0 Å². The molecule has 3 rings (SSSR count). The first kappa shape index (κ1) is 13.6. The predicted molar refractivity (Wildman–Crippen MR) is 79.9 cm³/mol. The molecule has 0 amide bonds. The van der Waals surface area contributed by atoms with E-state index in [0.29, 0.717) is 5.92 Å². The normalized spacial score (nSPS) is 21.8. The van der Waals surface area contributed by atoms with Crippen molar-refractivity contribution in [2.24, 2.45) is 11.8 Å². The minimum absolute atomic E-state index is 0.196. The topological polar surface area (TPSA) is 61.3 Å². The van der Waals surface area contributed by atoms with Crippen LogP contribution in [0.5, 0.6) is 0 Å². The average Bonchev–Trinajstić information content (AvgIpc) is 3.30. The largest absolute Gasteiger partial charge is 0.393 e. The molecule has 0 bridgehead atoms. The Morgan fingerprint density at radius 3 is 2.70 bits per heavy atom. The van der Waals surface area contributed by atoms with E-state index in [2.05, 4.69) is 20.2 Å². The van der Waals surface area contributed by atoms with Gasteiger partial charge in [0.2, 0.25) is 0 Å². The lowest BCUT2D eigenvalue weighted by molar-refractivity contribution is 0.110. The van der Waals surface area contributed by atoms with E-state index >= 15 is 0 Å². The lowest BCUT2D eigenvalue weighted by Crippen LogP contribution is -2.37. The molecule has 0 spiro atoms. The molecule has 1 aromatic rings. The Morgan fingerprint density at radius 2 is 2.05 bits per heavy atom. The van der Waals surface area contributed by atoms with Gasteiger partial charge in [0.05, 0.1) is 6.10 Å². The third kappa shape index (κ3) is 3.39. The number of aliphatic hydroxyl groups excluding tert-OH is 1. The molecule has 2 heterocycles. The highest BCUT2D eigenvalue weighted by Crippen LogP contribution is 2.29. The minimum Gasteiger partial charge on any atom is -0.393 e. The highest BCUT2D eigenvalue weighted by Gasteiger charge is 2.24. The molecule has 1 aliphatic heterocycles. The molecule has 20 heavy (non-hydrogen) atoms. The minimum atomic E-state index is -0.196. The van der Waals surface area contributed by atoms with Gasteiger partial charge in [-0.05, 0) is 44.4 Å². The maximum atomic E-state index is 9.65. The molecule has 1 atom stereocenters. The first-order chi connectivity index (χ1) is 9.72. The lowest BCUT2D eigenvalue weighted by Gasteiger charge is -2.34. The van der Waals surface area contributed by atoms with Crippen molar-refractivity contribution >= 4 is 11.6 Å². The standard InChI is InChI=1S/C15H24N4O/c1-11(20)13-4-6-19(7-5-13)15-8-14(17-10-18-15)16-9-12-2-3-12/h8,10-13,20H,2-7,9H2,1H3,(H,16,17,18). The number of aromatic nitrogens is 2. The van der Waals surface area contributed by atoms with Gasteiger partial charge in [-0.25, -0.2) is 9.97 Å². The Bertz CT molecular complexity index is 439. The predicted octanol–water partition coefficient (Wildman–Crippen LogP) is 1.90. The van der Waals surface area contributed by atoms with Crippen LogP contribution in [0.15, 0.2) is 12.4 Å². The summed E-state index contributed by atoms with van der Waals surface area (Å²) in [5.41, 5.74) is 0.